The van der Waals surface area contributed by atoms with Gasteiger partial charge >= 0.3 is 0 Å². The van der Waals surface area contributed by atoms with Crippen molar-refractivity contribution in [2.24, 2.45) is 5.16 Å². The van der Waals surface area contributed by atoms with Crippen molar-refractivity contribution in [1.29, 1.82) is 0 Å². The van der Waals surface area contributed by atoms with Crippen LogP contribution in [0, 0.1) is 0 Å². The molecule has 0 aliphatic carbocycles. The summed E-state index contributed by atoms with van der Waals surface area (Å²) >= 11 is 4.25. The van der Waals surface area contributed by atoms with E-state index in [0.29, 0.717) is 15.9 Å². The molecule has 0 saturated carbocycles. The maximum atomic E-state index is 12.1. The molecular weight excluding hydrogens is 368 g/mol. The molecule has 2 aromatic rings. The molecule has 0 amide bonds. The topological polar surface area (TPSA) is 105 Å². The van der Waals surface area contributed by atoms with Crippen LogP contribution in [0.2, 0.25) is 0 Å². The molecule has 106 valence electrons. The molecule has 7 nitrogen and oxygen atoms in total. The number of rotatable bonds is 4. The van der Waals surface area contributed by atoms with Crippen molar-refractivity contribution in [1.82, 2.24) is 9.97 Å². The Kier molecular flexibility index (Phi) is 4.35. The molecule has 0 spiro atoms. The zero-order valence-corrected chi connectivity index (χ0v) is 13.3. The van der Waals surface area contributed by atoms with Crippen molar-refractivity contribution in [3.8, 4) is 0 Å². The fraction of sp³-hybridized carbons (Fsp3) is 0.100. The van der Waals surface area contributed by atoms with Crippen LogP contribution in [-0.4, -0.2) is 29.3 Å². The van der Waals surface area contributed by atoms with E-state index in [1.807, 2.05) is 0 Å². The Morgan fingerprint density at radius 1 is 1.50 bits per heavy atom. The number of nitrogens with one attached hydrogen (secondary N) is 1. The third-order valence-corrected chi connectivity index (χ3v) is 4.86. The average Bonchev–Trinajstić information content (AvgIpc) is 2.85. The summed E-state index contributed by atoms with van der Waals surface area (Å²) in [5.41, 5.74) is 0.707. The number of hydrogen-bond donors (Lipinski definition) is 2. The van der Waals surface area contributed by atoms with Gasteiger partial charge in [-0.1, -0.05) is 5.16 Å². The van der Waals surface area contributed by atoms with Crippen LogP contribution in [0.25, 0.3) is 0 Å². The van der Waals surface area contributed by atoms with E-state index in [-0.39, 0.29) is 10.0 Å². The van der Waals surface area contributed by atoms with E-state index in [9.17, 15) is 8.42 Å². The molecule has 0 fully saturated rings. The number of aromatic nitrogens is 2. The largest absolute Gasteiger partial charge is 0.411 e. The number of thiazole rings is 1. The van der Waals surface area contributed by atoms with Crippen molar-refractivity contribution in [3.05, 3.63) is 34.0 Å². The molecule has 2 rings (SSSR count). The van der Waals surface area contributed by atoms with Gasteiger partial charge in [0, 0.05) is 22.2 Å². The fourth-order valence-electron chi connectivity index (χ4n) is 1.25. The maximum Gasteiger partial charge on any atom is 0.265 e. The van der Waals surface area contributed by atoms with Gasteiger partial charge in [-0.05, 0) is 28.9 Å². The van der Waals surface area contributed by atoms with E-state index in [4.69, 9.17) is 5.21 Å². The molecule has 2 aromatic heterocycles. The lowest BCUT2D eigenvalue weighted by Crippen LogP contribution is -2.13. The number of nitrogens with zero attached hydrogens (tertiary/aromatic N) is 3. The van der Waals surface area contributed by atoms with Gasteiger partial charge < -0.3 is 5.21 Å². The Hall–Kier alpha value is -1.52. The second-order valence-corrected chi connectivity index (χ2v) is 7.12. The van der Waals surface area contributed by atoms with Crippen LogP contribution in [0.4, 0.5) is 5.13 Å². The third kappa shape index (κ3) is 3.32. The smallest absolute Gasteiger partial charge is 0.265 e. The summed E-state index contributed by atoms with van der Waals surface area (Å²) < 4.78 is 27.1. The van der Waals surface area contributed by atoms with Gasteiger partial charge in [0.25, 0.3) is 10.0 Å². The second kappa shape index (κ2) is 5.85. The monoisotopic (exact) mass is 376 g/mol. The quantitative estimate of drug-likeness (QED) is 0.483. The minimum Gasteiger partial charge on any atom is -0.411 e. The van der Waals surface area contributed by atoms with Crippen LogP contribution in [0.15, 0.2) is 38.4 Å². The Bertz CT molecular complexity index is 757. The zero-order valence-electron chi connectivity index (χ0n) is 10.1. The minimum absolute atomic E-state index is 0.0242. The van der Waals surface area contributed by atoms with Crippen LogP contribution < -0.4 is 4.72 Å². The highest BCUT2D eigenvalue weighted by atomic mass is 79.9. The number of hydrogen-bond acceptors (Lipinski definition) is 7. The molecule has 0 atom stereocenters. The summed E-state index contributed by atoms with van der Waals surface area (Å²) in [6.45, 7) is 1.56. The lowest BCUT2D eigenvalue weighted by Gasteiger charge is -2.04. The SMILES string of the molecule is CC(=NO)c1csc(NS(=O)(=O)c2cncc(Br)c2)n1. The maximum absolute atomic E-state index is 12.1. The molecule has 20 heavy (non-hydrogen) atoms. The molecule has 10 heteroatoms. The average molecular weight is 377 g/mol. The second-order valence-electron chi connectivity index (χ2n) is 3.67. The summed E-state index contributed by atoms with van der Waals surface area (Å²) in [4.78, 5) is 7.85. The predicted octanol–water partition coefficient (Wildman–Crippen LogP) is 2.30. The summed E-state index contributed by atoms with van der Waals surface area (Å²) in [6, 6.07) is 1.43. The third-order valence-electron chi connectivity index (χ3n) is 2.24. The van der Waals surface area contributed by atoms with E-state index < -0.39 is 10.0 Å². The molecule has 0 aliphatic heterocycles. The Balaban J connectivity index is 2.27. The van der Waals surface area contributed by atoms with Crippen molar-refractivity contribution in [3.63, 3.8) is 0 Å². The van der Waals surface area contributed by atoms with Crippen LogP contribution in [0.1, 0.15) is 12.6 Å². The van der Waals surface area contributed by atoms with Crippen molar-refractivity contribution < 1.29 is 13.6 Å². The van der Waals surface area contributed by atoms with Gasteiger partial charge in [0.2, 0.25) is 0 Å². The van der Waals surface area contributed by atoms with Gasteiger partial charge in [-0.15, -0.1) is 11.3 Å². The molecule has 0 saturated heterocycles. The number of oxime groups is 1. The van der Waals surface area contributed by atoms with Crippen LogP contribution in [0.5, 0.6) is 0 Å². The Morgan fingerprint density at radius 2 is 2.25 bits per heavy atom. The highest BCUT2D eigenvalue weighted by Crippen LogP contribution is 2.21. The predicted molar refractivity (Wildman–Crippen MR) is 78.9 cm³/mol. The van der Waals surface area contributed by atoms with Crippen LogP contribution >= 0.6 is 27.3 Å². The first kappa shape index (κ1) is 14.9. The molecule has 2 N–H and O–H groups in total. The number of anilines is 1. The molecular formula is C10H9BrN4O3S2. The van der Waals surface area contributed by atoms with Crippen molar-refractivity contribution in [2.45, 2.75) is 11.8 Å². The first-order valence-corrected chi connectivity index (χ1v) is 8.36. The van der Waals surface area contributed by atoms with E-state index in [1.54, 1.807) is 12.3 Å². The fourth-order valence-corrected chi connectivity index (χ4v) is 3.76. The van der Waals surface area contributed by atoms with Crippen LogP contribution in [0.3, 0.4) is 0 Å². The summed E-state index contributed by atoms with van der Waals surface area (Å²) in [5, 5.41) is 13.4. The summed E-state index contributed by atoms with van der Waals surface area (Å²) in [5.74, 6) is 0. The van der Waals surface area contributed by atoms with Crippen molar-refractivity contribution >= 4 is 48.1 Å². The van der Waals surface area contributed by atoms with Gasteiger partial charge in [-0.25, -0.2) is 13.4 Å². The molecule has 0 aromatic carbocycles. The zero-order chi connectivity index (χ0) is 14.8. The lowest BCUT2D eigenvalue weighted by molar-refractivity contribution is 0.319. The van der Waals surface area contributed by atoms with E-state index in [1.165, 1.54) is 18.5 Å². The van der Waals surface area contributed by atoms with Gasteiger partial charge in [0.05, 0.1) is 0 Å². The summed E-state index contributed by atoms with van der Waals surface area (Å²) in [6.07, 6.45) is 2.73. The Labute approximate surface area is 127 Å². The van der Waals surface area contributed by atoms with Crippen LogP contribution in [-0.2, 0) is 10.0 Å². The molecule has 0 unspecified atom stereocenters. The van der Waals surface area contributed by atoms with E-state index in [0.717, 1.165) is 11.3 Å². The first-order chi connectivity index (χ1) is 9.42. The molecule has 0 aliphatic rings. The number of pyridine rings is 1. The van der Waals surface area contributed by atoms with Gasteiger partial charge in [-0.3, -0.25) is 9.71 Å². The molecule has 0 bridgehead atoms. The highest BCUT2D eigenvalue weighted by Gasteiger charge is 2.17. The normalized spacial score (nSPS) is 12.4. The van der Waals surface area contributed by atoms with Gasteiger partial charge in [0.1, 0.15) is 16.3 Å². The standard InChI is InChI=1S/C10H9BrN4O3S2/c1-6(14-16)9-5-19-10(13-9)15-20(17,18)8-2-7(11)3-12-4-8/h2-5,16H,1H3,(H,13,15). The lowest BCUT2D eigenvalue weighted by atomic mass is 10.3. The van der Waals surface area contributed by atoms with Gasteiger partial charge in [0.15, 0.2) is 5.13 Å². The molecule has 2 heterocycles. The minimum atomic E-state index is -3.75. The number of halogens is 1. The Morgan fingerprint density at radius 3 is 2.90 bits per heavy atom. The highest BCUT2D eigenvalue weighted by molar-refractivity contribution is 9.10. The summed E-state index contributed by atoms with van der Waals surface area (Å²) in [7, 11) is -3.75. The van der Waals surface area contributed by atoms with Gasteiger partial charge in [-0.2, -0.15) is 0 Å². The number of sulfonamides is 1. The van der Waals surface area contributed by atoms with E-state index >= 15 is 0 Å². The van der Waals surface area contributed by atoms with Crippen molar-refractivity contribution in [2.75, 3.05) is 4.72 Å². The first-order valence-electron chi connectivity index (χ1n) is 5.20. The van der Waals surface area contributed by atoms with E-state index in [2.05, 4.69) is 35.8 Å². The molecule has 0 radical (unpaired) electrons.